The third kappa shape index (κ3) is 2.84. The third-order valence-electron chi connectivity index (χ3n) is 3.01. The Kier molecular flexibility index (Phi) is 3.32. The molecule has 0 bridgehead atoms. The Labute approximate surface area is 101 Å². The van der Waals surface area contributed by atoms with E-state index in [2.05, 4.69) is 28.9 Å². The molecule has 2 nitrogen and oxygen atoms in total. The molecule has 16 heavy (non-hydrogen) atoms. The van der Waals surface area contributed by atoms with Crippen LogP contribution in [0.4, 0.5) is 0 Å². The highest BCUT2D eigenvalue weighted by Gasteiger charge is 2.33. The van der Waals surface area contributed by atoms with E-state index in [-0.39, 0.29) is 5.41 Å². The fourth-order valence-corrected chi connectivity index (χ4v) is 2.70. The molecule has 1 aliphatic rings. The van der Waals surface area contributed by atoms with E-state index in [1.165, 1.54) is 17.7 Å². The first-order chi connectivity index (χ1) is 7.62. The predicted octanol–water partition coefficient (Wildman–Crippen LogP) is 3.34. The number of hydrogen-bond acceptors (Lipinski definition) is 3. The quantitative estimate of drug-likeness (QED) is 0.848. The topological polar surface area (TPSA) is 35.8 Å². The first-order valence-corrected chi connectivity index (χ1v) is 6.68. The van der Waals surface area contributed by atoms with Crippen molar-refractivity contribution in [1.82, 2.24) is 5.32 Å². The highest BCUT2D eigenvalue weighted by atomic mass is 32.1. The summed E-state index contributed by atoms with van der Waals surface area (Å²) in [4.78, 5) is 1.41. The summed E-state index contributed by atoms with van der Waals surface area (Å²) in [6.45, 7) is 4.74. The van der Waals surface area contributed by atoms with Crippen molar-refractivity contribution in [2.45, 2.75) is 32.7 Å². The van der Waals surface area contributed by atoms with Crippen LogP contribution in [-0.2, 0) is 0 Å². The van der Waals surface area contributed by atoms with Gasteiger partial charge in [0.1, 0.15) is 0 Å². The summed E-state index contributed by atoms with van der Waals surface area (Å²) in [5, 5.41) is 14.7. The average molecular weight is 234 g/mol. The van der Waals surface area contributed by atoms with E-state index in [0.29, 0.717) is 6.04 Å². The molecule has 1 atom stereocenters. The van der Waals surface area contributed by atoms with E-state index >= 15 is 0 Å². The average Bonchev–Trinajstić information content (AvgIpc) is 2.94. The lowest BCUT2D eigenvalue weighted by Gasteiger charge is -2.22. The van der Waals surface area contributed by atoms with Gasteiger partial charge in [0.25, 0.3) is 0 Å². The van der Waals surface area contributed by atoms with Crippen LogP contribution in [0.1, 0.15) is 37.6 Å². The van der Waals surface area contributed by atoms with Crippen molar-refractivity contribution in [2.24, 2.45) is 11.3 Å². The highest BCUT2D eigenvalue weighted by Crippen LogP contribution is 2.42. The van der Waals surface area contributed by atoms with Crippen molar-refractivity contribution >= 4 is 11.3 Å². The van der Waals surface area contributed by atoms with E-state index in [1.807, 2.05) is 25.2 Å². The molecule has 0 spiro atoms. The molecule has 0 radical (unpaired) electrons. The minimum absolute atomic E-state index is 0.273. The second-order valence-electron chi connectivity index (χ2n) is 5.21. The maximum atomic E-state index is 9.00. The van der Waals surface area contributed by atoms with Crippen molar-refractivity contribution in [3.63, 3.8) is 0 Å². The lowest BCUT2D eigenvalue weighted by Crippen LogP contribution is -2.32. The second kappa shape index (κ2) is 4.57. The van der Waals surface area contributed by atoms with Crippen LogP contribution in [0, 0.1) is 22.7 Å². The van der Waals surface area contributed by atoms with Crippen LogP contribution in [0.15, 0.2) is 17.5 Å². The van der Waals surface area contributed by atoms with E-state index in [0.717, 1.165) is 12.5 Å². The molecule has 1 unspecified atom stereocenters. The number of rotatable bonds is 5. The Morgan fingerprint density at radius 2 is 2.38 bits per heavy atom. The molecular weight excluding hydrogens is 216 g/mol. The van der Waals surface area contributed by atoms with Gasteiger partial charge in [-0.3, -0.25) is 0 Å². The largest absolute Gasteiger partial charge is 0.307 e. The number of nitrogens with one attached hydrogen (secondary N) is 1. The second-order valence-corrected chi connectivity index (χ2v) is 6.19. The van der Waals surface area contributed by atoms with Crippen LogP contribution in [0.5, 0.6) is 0 Å². The monoisotopic (exact) mass is 234 g/mol. The van der Waals surface area contributed by atoms with Gasteiger partial charge in [0.15, 0.2) is 0 Å². The van der Waals surface area contributed by atoms with E-state index < -0.39 is 0 Å². The lowest BCUT2D eigenvalue weighted by atomic mass is 9.95. The molecule has 0 saturated heterocycles. The van der Waals surface area contributed by atoms with Gasteiger partial charge in [-0.15, -0.1) is 11.3 Å². The van der Waals surface area contributed by atoms with Crippen molar-refractivity contribution in [3.05, 3.63) is 22.4 Å². The zero-order chi connectivity index (χ0) is 11.6. The molecule has 1 aliphatic carbocycles. The van der Waals surface area contributed by atoms with Crippen molar-refractivity contribution in [1.29, 1.82) is 5.26 Å². The molecule has 1 saturated carbocycles. The summed E-state index contributed by atoms with van der Waals surface area (Å²) in [5.74, 6) is 0.785. The predicted molar refractivity (Wildman–Crippen MR) is 67.2 cm³/mol. The van der Waals surface area contributed by atoms with Crippen LogP contribution < -0.4 is 5.32 Å². The molecule has 1 heterocycles. The molecule has 2 rings (SSSR count). The van der Waals surface area contributed by atoms with Gasteiger partial charge in [0.05, 0.1) is 11.5 Å². The van der Waals surface area contributed by atoms with Crippen molar-refractivity contribution in [3.8, 4) is 6.07 Å². The minimum Gasteiger partial charge on any atom is -0.307 e. The molecule has 1 aromatic heterocycles. The summed E-state index contributed by atoms with van der Waals surface area (Å²) >= 11 is 1.81. The maximum absolute atomic E-state index is 9.00. The van der Waals surface area contributed by atoms with Crippen LogP contribution in [-0.4, -0.2) is 6.54 Å². The van der Waals surface area contributed by atoms with Crippen LogP contribution in [0.3, 0.4) is 0 Å². The Balaban J connectivity index is 1.97. The number of thiophene rings is 1. The van der Waals surface area contributed by atoms with Crippen LogP contribution >= 0.6 is 11.3 Å². The molecule has 1 N–H and O–H groups in total. The fraction of sp³-hybridized carbons (Fsp3) is 0.615. The van der Waals surface area contributed by atoms with Crippen LogP contribution in [0.2, 0.25) is 0 Å². The summed E-state index contributed by atoms with van der Waals surface area (Å²) in [6, 6.07) is 7.11. The summed E-state index contributed by atoms with van der Waals surface area (Å²) in [5.41, 5.74) is -0.273. The standard InChI is InChI=1S/C13H18N2S/c1-13(2,8-14)9-15-12(10-5-6-10)11-4-3-7-16-11/h3-4,7,10,12,15H,5-6,9H2,1-2H3. The van der Waals surface area contributed by atoms with Crippen molar-refractivity contribution in [2.75, 3.05) is 6.54 Å². The Morgan fingerprint density at radius 1 is 1.62 bits per heavy atom. The van der Waals surface area contributed by atoms with Gasteiger partial charge in [0.2, 0.25) is 0 Å². The normalized spacial score (nSPS) is 18.1. The Hall–Kier alpha value is -0.850. The zero-order valence-corrected chi connectivity index (χ0v) is 10.7. The molecule has 0 amide bonds. The molecular formula is C13H18N2S. The summed E-state index contributed by atoms with van der Waals surface area (Å²) in [6.07, 6.45) is 2.64. The minimum atomic E-state index is -0.273. The van der Waals surface area contributed by atoms with Gasteiger partial charge in [-0.05, 0) is 44.1 Å². The molecule has 3 heteroatoms. The first kappa shape index (κ1) is 11.6. The van der Waals surface area contributed by atoms with Crippen molar-refractivity contribution < 1.29 is 0 Å². The van der Waals surface area contributed by atoms with Gasteiger partial charge >= 0.3 is 0 Å². The number of hydrogen-bond donors (Lipinski definition) is 1. The van der Waals surface area contributed by atoms with E-state index in [1.54, 1.807) is 0 Å². The van der Waals surface area contributed by atoms with E-state index in [4.69, 9.17) is 5.26 Å². The van der Waals surface area contributed by atoms with Gasteiger partial charge in [0, 0.05) is 17.5 Å². The van der Waals surface area contributed by atoms with Gasteiger partial charge < -0.3 is 5.32 Å². The maximum Gasteiger partial charge on any atom is 0.0697 e. The fourth-order valence-electron chi connectivity index (χ4n) is 1.80. The molecule has 86 valence electrons. The van der Waals surface area contributed by atoms with Gasteiger partial charge in [-0.1, -0.05) is 6.07 Å². The molecule has 0 aliphatic heterocycles. The Morgan fingerprint density at radius 3 is 2.88 bits per heavy atom. The number of nitriles is 1. The van der Waals surface area contributed by atoms with E-state index in [9.17, 15) is 0 Å². The summed E-state index contributed by atoms with van der Waals surface area (Å²) < 4.78 is 0. The highest BCUT2D eigenvalue weighted by molar-refractivity contribution is 7.10. The zero-order valence-electron chi connectivity index (χ0n) is 9.86. The molecule has 1 fully saturated rings. The lowest BCUT2D eigenvalue weighted by molar-refractivity contribution is 0.386. The smallest absolute Gasteiger partial charge is 0.0697 e. The number of nitrogens with zero attached hydrogens (tertiary/aromatic N) is 1. The Bertz CT molecular complexity index is 371. The molecule has 0 aromatic carbocycles. The SMILES string of the molecule is CC(C)(C#N)CNC(c1cccs1)C1CC1. The molecule has 1 aromatic rings. The third-order valence-corrected chi connectivity index (χ3v) is 3.97. The summed E-state index contributed by atoms with van der Waals surface area (Å²) in [7, 11) is 0. The first-order valence-electron chi connectivity index (χ1n) is 5.80. The van der Waals surface area contributed by atoms with Crippen LogP contribution in [0.25, 0.3) is 0 Å². The van der Waals surface area contributed by atoms with Gasteiger partial charge in [-0.25, -0.2) is 0 Å². The van der Waals surface area contributed by atoms with Gasteiger partial charge in [-0.2, -0.15) is 5.26 Å².